The number of thioether (sulfide) groups is 1. The predicted molar refractivity (Wildman–Crippen MR) is 149 cm³/mol. The zero-order chi connectivity index (χ0) is 28.3. The molecule has 10 nitrogen and oxygen atoms in total. The fraction of sp³-hybridized carbons (Fsp3) is 0.100. The summed E-state index contributed by atoms with van der Waals surface area (Å²) in [6, 6.07) is 23.8. The number of para-hydroxylation sites is 1. The highest BCUT2D eigenvalue weighted by Gasteiger charge is 2.41. The Kier molecular flexibility index (Phi) is 7.09. The molecule has 0 bridgehead atoms. The lowest BCUT2D eigenvalue weighted by Gasteiger charge is -2.15. The van der Waals surface area contributed by atoms with Crippen molar-refractivity contribution in [3.63, 3.8) is 0 Å². The van der Waals surface area contributed by atoms with E-state index in [2.05, 4.69) is 15.2 Å². The highest BCUT2D eigenvalue weighted by Crippen LogP contribution is 2.34. The minimum Gasteiger partial charge on any atom is -0.454 e. The van der Waals surface area contributed by atoms with Gasteiger partial charge >= 0.3 is 5.97 Å². The van der Waals surface area contributed by atoms with Crippen molar-refractivity contribution in [1.29, 1.82) is 0 Å². The lowest BCUT2D eigenvalue weighted by molar-refractivity contribution is -0.121. The van der Waals surface area contributed by atoms with E-state index in [0.717, 1.165) is 22.0 Å². The summed E-state index contributed by atoms with van der Waals surface area (Å²) < 4.78 is 11.0. The Balaban J connectivity index is 1.10. The number of furan rings is 1. The van der Waals surface area contributed by atoms with Crippen LogP contribution in [0.4, 0.5) is 5.69 Å². The number of nitrogens with zero attached hydrogens (tertiary/aromatic N) is 4. The average Bonchev–Trinajstić information content (AvgIpc) is 3.56. The summed E-state index contributed by atoms with van der Waals surface area (Å²) in [5.74, 6) is -1.32. The van der Waals surface area contributed by atoms with Crippen molar-refractivity contribution >= 4 is 52.0 Å². The van der Waals surface area contributed by atoms with E-state index in [0.29, 0.717) is 28.3 Å². The molecule has 1 aliphatic rings. The van der Waals surface area contributed by atoms with Crippen LogP contribution in [-0.2, 0) is 14.3 Å². The lowest BCUT2D eigenvalue weighted by atomic mass is 10.1. The molecule has 202 valence electrons. The largest absolute Gasteiger partial charge is 0.454 e. The van der Waals surface area contributed by atoms with Gasteiger partial charge in [0.1, 0.15) is 16.5 Å². The van der Waals surface area contributed by atoms with Crippen LogP contribution >= 0.6 is 11.8 Å². The number of hydrogen-bond donors (Lipinski definition) is 0. The number of rotatable bonds is 8. The first-order valence-electron chi connectivity index (χ1n) is 12.5. The van der Waals surface area contributed by atoms with E-state index in [4.69, 9.17) is 9.15 Å². The Morgan fingerprint density at radius 3 is 2.49 bits per heavy atom. The van der Waals surface area contributed by atoms with Crippen LogP contribution < -0.4 is 4.90 Å². The van der Waals surface area contributed by atoms with Crippen LogP contribution in [0.3, 0.4) is 0 Å². The van der Waals surface area contributed by atoms with E-state index < -0.39 is 29.6 Å². The molecule has 5 aromatic rings. The number of aromatic nitrogens is 3. The number of esters is 1. The molecule has 3 heterocycles. The first-order valence-corrected chi connectivity index (χ1v) is 13.4. The molecule has 1 aliphatic heterocycles. The van der Waals surface area contributed by atoms with Crippen LogP contribution in [0.15, 0.2) is 101 Å². The van der Waals surface area contributed by atoms with Crippen LogP contribution in [0, 0.1) is 0 Å². The molecule has 0 saturated carbocycles. The second-order valence-electron chi connectivity index (χ2n) is 9.06. The highest BCUT2D eigenvalue weighted by molar-refractivity contribution is 8.00. The number of hydrogen-bond acceptors (Lipinski definition) is 10. The predicted octanol–water partition coefficient (Wildman–Crippen LogP) is 4.75. The van der Waals surface area contributed by atoms with Crippen molar-refractivity contribution in [2.45, 2.75) is 16.8 Å². The number of amides is 2. The third-order valence-corrected chi connectivity index (χ3v) is 7.40. The topological polar surface area (TPSA) is 133 Å². The van der Waals surface area contributed by atoms with Gasteiger partial charge < -0.3 is 9.15 Å². The van der Waals surface area contributed by atoms with Crippen LogP contribution in [0.1, 0.15) is 27.1 Å². The summed E-state index contributed by atoms with van der Waals surface area (Å²) in [7, 11) is 0. The number of ketones is 1. The molecule has 3 aromatic carbocycles. The van der Waals surface area contributed by atoms with Crippen molar-refractivity contribution in [1.82, 2.24) is 15.2 Å². The molecule has 0 aliphatic carbocycles. The fourth-order valence-electron chi connectivity index (χ4n) is 4.33. The third kappa shape index (κ3) is 5.48. The van der Waals surface area contributed by atoms with E-state index in [1.165, 1.54) is 30.5 Å². The first kappa shape index (κ1) is 26.1. The molecule has 1 unspecified atom stereocenters. The molecule has 11 heteroatoms. The first-order chi connectivity index (χ1) is 20.0. The van der Waals surface area contributed by atoms with Crippen molar-refractivity contribution in [3.05, 3.63) is 102 Å². The average molecular weight is 565 g/mol. The second kappa shape index (κ2) is 11.1. The van der Waals surface area contributed by atoms with Gasteiger partial charge in [0.15, 0.2) is 18.2 Å². The van der Waals surface area contributed by atoms with Gasteiger partial charge in [-0.25, -0.2) is 14.7 Å². The molecule has 2 amide bonds. The maximum Gasteiger partial charge on any atom is 0.338 e. The van der Waals surface area contributed by atoms with Crippen LogP contribution in [0.25, 0.3) is 22.4 Å². The number of benzene rings is 3. The Morgan fingerprint density at radius 1 is 0.951 bits per heavy atom. The summed E-state index contributed by atoms with van der Waals surface area (Å²) in [4.78, 5) is 56.1. The number of imide groups is 1. The Morgan fingerprint density at radius 2 is 1.71 bits per heavy atom. The third-order valence-electron chi connectivity index (χ3n) is 6.36. The number of fused-ring (bicyclic) bond motifs is 1. The SMILES string of the molecule is O=C(COC(=O)c1ccc(N2C(=O)CC(Sc3nncc(-c4cc5ccccc5o4)n3)C2=O)cc1)c1ccccc1. The molecule has 1 saturated heterocycles. The number of anilines is 1. The van der Waals surface area contributed by atoms with Gasteiger partial charge in [0.25, 0.3) is 0 Å². The Hall–Kier alpha value is -5.16. The molecule has 2 aromatic heterocycles. The summed E-state index contributed by atoms with van der Waals surface area (Å²) in [5, 5.41) is 8.43. The van der Waals surface area contributed by atoms with Crippen molar-refractivity contribution in [2.75, 3.05) is 11.5 Å². The van der Waals surface area contributed by atoms with E-state index in [1.807, 2.05) is 30.3 Å². The summed E-state index contributed by atoms with van der Waals surface area (Å²) in [6.07, 6.45) is 1.42. The van der Waals surface area contributed by atoms with E-state index >= 15 is 0 Å². The number of ether oxygens (including phenoxy) is 1. The molecular formula is C30H20N4O6S. The Bertz CT molecular complexity index is 1760. The van der Waals surface area contributed by atoms with Gasteiger partial charge in [-0.1, -0.05) is 60.3 Å². The van der Waals surface area contributed by atoms with Crippen LogP contribution in [0.2, 0.25) is 0 Å². The molecule has 0 spiro atoms. The zero-order valence-electron chi connectivity index (χ0n) is 21.3. The molecule has 41 heavy (non-hydrogen) atoms. The van der Waals surface area contributed by atoms with Crippen molar-refractivity contribution < 1.29 is 28.3 Å². The highest BCUT2D eigenvalue weighted by atomic mass is 32.2. The van der Waals surface area contributed by atoms with E-state index in [-0.39, 0.29) is 22.9 Å². The minimum absolute atomic E-state index is 0.0485. The molecular weight excluding hydrogens is 544 g/mol. The lowest BCUT2D eigenvalue weighted by Crippen LogP contribution is -2.31. The van der Waals surface area contributed by atoms with Gasteiger partial charge in [0.05, 0.1) is 17.4 Å². The van der Waals surface area contributed by atoms with Gasteiger partial charge in [0, 0.05) is 17.4 Å². The molecule has 6 rings (SSSR count). The number of carbonyl (C=O) groups is 4. The quantitative estimate of drug-likeness (QED) is 0.148. The maximum absolute atomic E-state index is 13.2. The normalized spacial score (nSPS) is 14.9. The molecule has 1 fully saturated rings. The van der Waals surface area contributed by atoms with Gasteiger partial charge in [0.2, 0.25) is 17.0 Å². The maximum atomic E-state index is 13.2. The van der Waals surface area contributed by atoms with Gasteiger partial charge in [-0.05, 0) is 36.4 Å². The molecule has 0 N–H and O–H groups in total. The fourth-order valence-corrected chi connectivity index (χ4v) is 5.26. The molecule has 0 radical (unpaired) electrons. The van der Waals surface area contributed by atoms with Crippen LogP contribution in [0.5, 0.6) is 0 Å². The summed E-state index contributed by atoms with van der Waals surface area (Å²) >= 11 is 1.05. The minimum atomic E-state index is -0.746. The smallest absolute Gasteiger partial charge is 0.338 e. The summed E-state index contributed by atoms with van der Waals surface area (Å²) in [5.41, 5.74) is 2.11. The number of carbonyl (C=O) groups excluding carboxylic acids is 4. The zero-order valence-corrected chi connectivity index (χ0v) is 22.1. The Labute approximate surface area is 237 Å². The molecule has 1 atom stereocenters. The summed E-state index contributed by atoms with van der Waals surface area (Å²) in [6.45, 7) is -0.402. The monoisotopic (exact) mass is 564 g/mol. The van der Waals surface area contributed by atoms with Gasteiger partial charge in [-0.2, -0.15) is 5.10 Å². The second-order valence-corrected chi connectivity index (χ2v) is 10.2. The van der Waals surface area contributed by atoms with E-state index in [1.54, 1.807) is 30.3 Å². The standard InChI is InChI=1S/C30H20N4O6S/c35-23(18-6-2-1-3-7-18)17-39-29(38)19-10-12-21(13-11-19)34-27(36)15-26(28(34)37)41-30-32-22(16-31-33-30)25-14-20-8-4-5-9-24(20)40-25/h1-14,16,26H,15,17H2. The van der Waals surface area contributed by atoms with Crippen molar-refractivity contribution in [2.24, 2.45) is 0 Å². The van der Waals surface area contributed by atoms with E-state index in [9.17, 15) is 19.2 Å². The van der Waals surface area contributed by atoms with Gasteiger partial charge in [-0.15, -0.1) is 5.10 Å². The van der Waals surface area contributed by atoms with Crippen molar-refractivity contribution in [3.8, 4) is 11.5 Å². The number of Topliss-reactive ketones (excluding diaryl/α,β-unsaturated/α-hetero) is 1. The van der Waals surface area contributed by atoms with Crippen LogP contribution in [-0.4, -0.2) is 50.6 Å². The van der Waals surface area contributed by atoms with Gasteiger partial charge in [-0.3, -0.25) is 14.4 Å².